The van der Waals surface area contributed by atoms with Crippen molar-refractivity contribution in [3.8, 4) is 0 Å². The van der Waals surface area contributed by atoms with Gasteiger partial charge in [-0.25, -0.2) is 4.98 Å². The van der Waals surface area contributed by atoms with Crippen molar-refractivity contribution >= 4 is 22.9 Å². The summed E-state index contributed by atoms with van der Waals surface area (Å²) in [7, 11) is 1.62. The molecule has 1 aromatic carbocycles. The molecular weight excluding hydrogens is 260 g/mol. The number of benzene rings is 1. The number of aryl methyl sites for hydroxylation is 2. The van der Waals surface area contributed by atoms with Crippen LogP contribution in [0.25, 0.3) is 11.0 Å². The van der Waals surface area contributed by atoms with Gasteiger partial charge in [-0.15, -0.1) is 0 Å². The van der Waals surface area contributed by atoms with Crippen LogP contribution in [0.3, 0.4) is 0 Å². The van der Waals surface area contributed by atoms with Gasteiger partial charge in [0, 0.05) is 13.6 Å². The van der Waals surface area contributed by atoms with E-state index in [9.17, 15) is 14.7 Å². The van der Waals surface area contributed by atoms with E-state index in [0.717, 1.165) is 10.6 Å². The van der Waals surface area contributed by atoms with Gasteiger partial charge in [0.1, 0.15) is 0 Å². The SMILES string of the molecule is CCN(Nc1nc2ccc(C)cc2n(C)c1=O)C(=O)[O-]. The number of hydrogen-bond donors (Lipinski definition) is 1. The number of carbonyl (C=O) groups excluding carboxylic acids is 1. The highest BCUT2D eigenvalue weighted by atomic mass is 16.4. The van der Waals surface area contributed by atoms with E-state index < -0.39 is 11.7 Å². The average molecular weight is 275 g/mol. The number of hydrogen-bond acceptors (Lipinski definition) is 5. The van der Waals surface area contributed by atoms with Gasteiger partial charge < -0.3 is 14.5 Å². The van der Waals surface area contributed by atoms with E-state index in [-0.39, 0.29) is 12.4 Å². The lowest BCUT2D eigenvalue weighted by molar-refractivity contribution is -0.263. The molecular formula is C13H15N4O3-. The third kappa shape index (κ3) is 2.42. The zero-order chi connectivity index (χ0) is 14.9. The molecule has 7 nitrogen and oxygen atoms in total. The largest absolute Gasteiger partial charge is 0.529 e. The van der Waals surface area contributed by atoms with Crippen LogP contribution < -0.4 is 16.1 Å². The Hall–Kier alpha value is -2.57. The molecule has 106 valence electrons. The third-order valence-corrected chi connectivity index (χ3v) is 3.01. The number of hydrazine groups is 1. The summed E-state index contributed by atoms with van der Waals surface area (Å²) in [4.78, 5) is 27.2. The van der Waals surface area contributed by atoms with Gasteiger partial charge in [0.2, 0.25) is 5.82 Å². The summed E-state index contributed by atoms with van der Waals surface area (Å²) in [5, 5.41) is 11.7. The number of nitrogens with one attached hydrogen (secondary N) is 1. The number of aromatic nitrogens is 2. The number of carbonyl (C=O) groups is 1. The minimum absolute atomic E-state index is 0.0464. The zero-order valence-electron chi connectivity index (χ0n) is 11.5. The summed E-state index contributed by atoms with van der Waals surface area (Å²) >= 11 is 0. The summed E-state index contributed by atoms with van der Waals surface area (Å²) in [5.74, 6) is -0.0464. The Bertz CT molecular complexity index is 723. The first-order valence-corrected chi connectivity index (χ1v) is 6.16. The van der Waals surface area contributed by atoms with Crippen LogP contribution in [0.15, 0.2) is 23.0 Å². The Morgan fingerprint density at radius 1 is 1.50 bits per heavy atom. The summed E-state index contributed by atoms with van der Waals surface area (Å²) < 4.78 is 1.43. The van der Waals surface area contributed by atoms with Crippen LogP contribution in [0.2, 0.25) is 0 Å². The van der Waals surface area contributed by atoms with Crippen molar-refractivity contribution in [3.63, 3.8) is 0 Å². The molecule has 1 N–H and O–H groups in total. The Morgan fingerprint density at radius 3 is 2.80 bits per heavy atom. The fourth-order valence-corrected chi connectivity index (χ4v) is 1.89. The molecule has 0 aliphatic carbocycles. The van der Waals surface area contributed by atoms with E-state index >= 15 is 0 Å². The van der Waals surface area contributed by atoms with E-state index in [0.29, 0.717) is 11.0 Å². The van der Waals surface area contributed by atoms with Gasteiger partial charge in [-0.05, 0) is 31.5 Å². The van der Waals surface area contributed by atoms with Crippen LogP contribution in [0.5, 0.6) is 0 Å². The maximum absolute atomic E-state index is 12.2. The van der Waals surface area contributed by atoms with E-state index in [1.165, 1.54) is 4.57 Å². The maximum Gasteiger partial charge on any atom is 0.295 e. The van der Waals surface area contributed by atoms with Crippen molar-refractivity contribution in [3.05, 3.63) is 34.1 Å². The predicted molar refractivity (Wildman–Crippen MR) is 73.1 cm³/mol. The van der Waals surface area contributed by atoms with E-state index in [1.54, 1.807) is 20.0 Å². The van der Waals surface area contributed by atoms with Crippen molar-refractivity contribution < 1.29 is 9.90 Å². The average Bonchev–Trinajstić information content (AvgIpc) is 2.41. The second kappa shape index (κ2) is 5.20. The molecule has 1 amide bonds. The third-order valence-electron chi connectivity index (χ3n) is 3.01. The van der Waals surface area contributed by atoms with E-state index in [4.69, 9.17) is 0 Å². The number of rotatable bonds is 3. The molecule has 0 unspecified atom stereocenters. The number of nitrogens with zero attached hydrogens (tertiary/aromatic N) is 3. The van der Waals surface area contributed by atoms with Crippen molar-refractivity contribution in [2.75, 3.05) is 12.0 Å². The highest BCUT2D eigenvalue weighted by molar-refractivity contribution is 5.77. The van der Waals surface area contributed by atoms with Crippen LogP contribution >= 0.6 is 0 Å². The van der Waals surface area contributed by atoms with Gasteiger partial charge >= 0.3 is 0 Å². The fourth-order valence-electron chi connectivity index (χ4n) is 1.89. The first kappa shape index (κ1) is 13.9. The first-order valence-electron chi connectivity index (χ1n) is 6.16. The van der Waals surface area contributed by atoms with Gasteiger partial charge in [-0.2, -0.15) is 0 Å². The zero-order valence-corrected chi connectivity index (χ0v) is 11.5. The van der Waals surface area contributed by atoms with Gasteiger partial charge in [0.15, 0.2) is 6.09 Å². The van der Waals surface area contributed by atoms with Gasteiger partial charge in [-0.3, -0.25) is 15.2 Å². The number of fused-ring (bicyclic) bond motifs is 1. The molecule has 2 rings (SSSR count). The van der Waals surface area contributed by atoms with Crippen LogP contribution in [-0.2, 0) is 7.05 Å². The molecule has 0 spiro atoms. The fraction of sp³-hybridized carbons (Fsp3) is 0.308. The quantitative estimate of drug-likeness (QED) is 0.810. The molecule has 1 heterocycles. The first-order chi connectivity index (χ1) is 9.43. The summed E-state index contributed by atoms with van der Waals surface area (Å²) in [5.41, 5.74) is 4.38. The smallest absolute Gasteiger partial charge is 0.295 e. The molecule has 0 saturated carbocycles. The normalized spacial score (nSPS) is 10.6. The minimum atomic E-state index is -1.42. The van der Waals surface area contributed by atoms with E-state index in [1.807, 2.05) is 19.1 Å². The molecule has 0 bridgehead atoms. The molecule has 2 aromatic rings. The molecule has 1 aromatic heterocycles. The lowest BCUT2D eigenvalue weighted by Gasteiger charge is -2.24. The molecule has 0 radical (unpaired) electrons. The minimum Gasteiger partial charge on any atom is -0.529 e. The van der Waals surface area contributed by atoms with Gasteiger partial charge in [0.05, 0.1) is 11.0 Å². The van der Waals surface area contributed by atoms with Crippen LogP contribution in [0, 0.1) is 6.92 Å². The summed E-state index contributed by atoms with van der Waals surface area (Å²) in [6.07, 6.45) is -1.42. The lowest BCUT2D eigenvalue weighted by atomic mass is 10.2. The lowest BCUT2D eigenvalue weighted by Crippen LogP contribution is -2.46. The number of carboxylic acid groups (broad SMARTS) is 1. The predicted octanol–water partition coefficient (Wildman–Crippen LogP) is 0.234. The molecule has 20 heavy (non-hydrogen) atoms. The van der Waals surface area contributed by atoms with Crippen LogP contribution in [0.1, 0.15) is 12.5 Å². The standard InChI is InChI=1S/C13H16N4O3/c1-4-17(13(19)20)15-11-12(18)16(3)10-7-8(2)5-6-9(10)14-11/h5-7H,4H2,1-3H3,(H,14,15)(H,19,20)/p-1. The Labute approximate surface area is 115 Å². The molecule has 0 saturated heterocycles. The van der Waals surface area contributed by atoms with Gasteiger partial charge in [-0.1, -0.05) is 6.07 Å². The molecule has 0 aliphatic heterocycles. The second-order valence-corrected chi connectivity index (χ2v) is 4.44. The van der Waals surface area contributed by atoms with E-state index in [2.05, 4.69) is 10.4 Å². The Balaban J connectivity index is 2.55. The molecule has 0 aliphatic rings. The van der Waals surface area contributed by atoms with Crippen molar-refractivity contribution in [2.45, 2.75) is 13.8 Å². The van der Waals surface area contributed by atoms with Gasteiger partial charge in [0.25, 0.3) is 5.56 Å². The summed E-state index contributed by atoms with van der Waals surface area (Å²) in [6, 6.07) is 5.51. The summed E-state index contributed by atoms with van der Waals surface area (Å²) in [6.45, 7) is 3.68. The molecule has 0 fully saturated rings. The van der Waals surface area contributed by atoms with Crippen molar-refractivity contribution in [1.82, 2.24) is 14.6 Å². The molecule has 7 heteroatoms. The maximum atomic E-state index is 12.2. The molecule has 0 atom stereocenters. The Kier molecular flexibility index (Phi) is 3.60. The highest BCUT2D eigenvalue weighted by Gasteiger charge is 2.11. The monoisotopic (exact) mass is 275 g/mol. The topological polar surface area (TPSA) is 90.3 Å². The highest BCUT2D eigenvalue weighted by Crippen LogP contribution is 2.13. The van der Waals surface area contributed by atoms with Crippen molar-refractivity contribution in [2.24, 2.45) is 7.05 Å². The van der Waals surface area contributed by atoms with Crippen LogP contribution in [-0.4, -0.2) is 27.2 Å². The van der Waals surface area contributed by atoms with Crippen molar-refractivity contribution in [1.29, 1.82) is 0 Å². The Morgan fingerprint density at radius 2 is 2.20 bits per heavy atom. The number of amides is 1. The van der Waals surface area contributed by atoms with Crippen LogP contribution in [0.4, 0.5) is 10.6 Å². The second-order valence-electron chi connectivity index (χ2n) is 4.44. The number of anilines is 1.